The number of hydrogen-bond donors (Lipinski definition) is 1. The molecule has 1 saturated heterocycles. The molecule has 2 aromatic rings. The summed E-state index contributed by atoms with van der Waals surface area (Å²) in [6, 6.07) is 9.99. The van der Waals surface area contributed by atoms with Crippen molar-refractivity contribution in [2.45, 2.75) is 4.90 Å². The van der Waals surface area contributed by atoms with Crippen LogP contribution in [0.2, 0.25) is 10.0 Å². The third-order valence-electron chi connectivity index (χ3n) is 4.69. The predicted octanol–water partition coefficient (Wildman–Crippen LogP) is 3.72. The third-order valence-corrected chi connectivity index (χ3v) is 7.20. The fourth-order valence-corrected chi connectivity index (χ4v) is 5.65. The van der Waals surface area contributed by atoms with Crippen LogP contribution >= 0.6 is 35.6 Å². The molecule has 0 bridgehead atoms. The zero-order chi connectivity index (χ0) is 21.2. The number of rotatable bonds is 7. The Kier molecular flexibility index (Phi) is 7.97. The molecule has 3 rings (SSSR count). The van der Waals surface area contributed by atoms with Gasteiger partial charge in [0.05, 0.1) is 17.2 Å². The van der Waals surface area contributed by atoms with Gasteiger partial charge in [0.25, 0.3) is 0 Å². The van der Waals surface area contributed by atoms with Gasteiger partial charge >= 0.3 is 0 Å². The maximum Gasteiger partial charge on any atom is 0.244 e. The summed E-state index contributed by atoms with van der Waals surface area (Å²) < 4.78 is 46.6. The fourth-order valence-electron chi connectivity index (χ4n) is 3.24. The quantitative estimate of drug-likeness (QED) is 0.634. The Morgan fingerprint density at radius 1 is 1.27 bits per heavy atom. The Hall–Kier alpha value is -1.60. The maximum atomic E-state index is 13.8. The highest BCUT2D eigenvalue weighted by atomic mass is 35.5. The third kappa shape index (κ3) is 4.99. The lowest BCUT2D eigenvalue weighted by atomic mass is 9.82. The minimum Gasteiger partial charge on any atom is -0.493 e. The zero-order valence-corrected chi connectivity index (χ0v) is 19.0. The van der Waals surface area contributed by atoms with Crippen molar-refractivity contribution in [3.63, 3.8) is 0 Å². The van der Waals surface area contributed by atoms with E-state index in [9.17, 15) is 12.8 Å². The van der Waals surface area contributed by atoms with Crippen molar-refractivity contribution in [3.8, 4) is 11.8 Å². The van der Waals surface area contributed by atoms with E-state index in [-0.39, 0.29) is 53.3 Å². The molecule has 6 nitrogen and oxygen atoms in total. The number of nitrogens with one attached hydrogen (secondary N) is 1. The Labute approximate surface area is 191 Å². The first-order valence-corrected chi connectivity index (χ1v) is 10.8. The first kappa shape index (κ1) is 24.7. The fraction of sp³-hybridized carbons (Fsp3) is 0.316. The summed E-state index contributed by atoms with van der Waals surface area (Å²) in [5, 5.41) is 12.3. The molecule has 1 aliphatic rings. The summed E-state index contributed by atoms with van der Waals surface area (Å²) in [6.07, 6.45) is 0. The van der Waals surface area contributed by atoms with Crippen molar-refractivity contribution < 1.29 is 17.5 Å². The van der Waals surface area contributed by atoms with E-state index in [1.165, 1.54) is 34.6 Å². The van der Waals surface area contributed by atoms with Crippen molar-refractivity contribution in [2.24, 2.45) is 5.41 Å². The van der Waals surface area contributed by atoms with Crippen molar-refractivity contribution in [1.29, 1.82) is 5.26 Å². The SMILES string of the molecule is CNCC1(COc2ccc(C#N)c(F)c2)CN(S(=O)(=O)c2ccc(Cl)cc2Cl)C1.Cl. The maximum absolute atomic E-state index is 13.8. The summed E-state index contributed by atoms with van der Waals surface area (Å²) >= 11 is 11.9. The van der Waals surface area contributed by atoms with Gasteiger partial charge < -0.3 is 10.1 Å². The molecule has 0 aromatic heterocycles. The van der Waals surface area contributed by atoms with Gasteiger partial charge in [0.1, 0.15) is 22.5 Å². The highest BCUT2D eigenvalue weighted by molar-refractivity contribution is 7.89. The van der Waals surface area contributed by atoms with Gasteiger partial charge in [-0.05, 0) is 37.4 Å². The molecule has 1 fully saturated rings. The monoisotopic (exact) mass is 493 g/mol. The summed E-state index contributed by atoms with van der Waals surface area (Å²) in [5.74, 6) is -0.387. The van der Waals surface area contributed by atoms with E-state index in [2.05, 4.69) is 5.32 Å². The van der Waals surface area contributed by atoms with Gasteiger partial charge in [-0.15, -0.1) is 12.4 Å². The van der Waals surface area contributed by atoms with Crippen LogP contribution in [-0.2, 0) is 10.0 Å². The lowest BCUT2D eigenvalue weighted by molar-refractivity contribution is 0.0209. The molecule has 1 heterocycles. The van der Waals surface area contributed by atoms with Crippen LogP contribution in [0.25, 0.3) is 0 Å². The van der Waals surface area contributed by atoms with Crippen LogP contribution in [0, 0.1) is 22.6 Å². The van der Waals surface area contributed by atoms with Crippen molar-refractivity contribution in [2.75, 3.05) is 33.3 Å². The lowest BCUT2D eigenvalue weighted by Crippen LogP contribution is -2.64. The Morgan fingerprint density at radius 3 is 2.53 bits per heavy atom. The molecule has 1 aliphatic heterocycles. The topological polar surface area (TPSA) is 82.4 Å². The first-order chi connectivity index (χ1) is 13.7. The summed E-state index contributed by atoms with van der Waals surface area (Å²) in [6.45, 7) is 1.12. The average Bonchev–Trinajstić information content (AvgIpc) is 2.63. The molecular formula is C19H19Cl3FN3O3S. The molecule has 0 amide bonds. The number of sulfonamides is 1. The van der Waals surface area contributed by atoms with Gasteiger partial charge in [0, 0.05) is 36.1 Å². The van der Waals surface area contributed by atoms with E-state index in [0.29, 0.717) is 11.6 Å². The Balaban J connectivity index is 0.00000320. The van der Waals surface area contributed by atoms with E-state index < -0.39 is 21.3 Å². The van der Waals surface area contributed by atoms with Gasteiger partial charge in [-0.2, -0.15) is 9.57 Å². The van der Waals surface area contributed by atoms with Crippen LogP contribution in [0.4, 0.5) is 4.39 Å². The standard InChI is InChI=1S/C19H18Cl2FN3O3S.ClH/c1-24-9-19(12-28-15-4-2-13(8-23)17(22)7-15)10-25(11-19)29(26,27)18-5-3-14(20)6-16(18)21;/h2-7,24H,9-12H2,1H3;1H. The van der Waals surface area contributed by atoms with Gasteiger partial charge in [0.15, 0.2) is 0 Å². The first-order valence-electron chi connectivity index (χ1n) is 8.63. The molecule has 2 aromatic carbocycles. The number of nitrogens with zero attached hydrogens (tertiary/aromatic N) is 2. The minimum absolute atomic E-state index is 0. The van der Waals surface area contributed by atoms with Crippen LogP contribution in [0.15, 0.2) is 41.3 Å². The Morgan fingerprint density at radius 2 is 1.97 bits per heavy atom. The molecule has 0 radical (unpaired) electrons. The second-order valence-electron chi connectivity index (χ2n) is 6.92. The van der Waals surface area contributed by atoms with Gasteiger partial charge in [-0.25, -0.2) is 12.8 Å². The van der Waals surface area contributed by atoms with E-state index in [0.717, 1.165) is 6.07 Å². The van der Waals surface area contributed by atoms with E-state index in [1.807, 2.05) is 0 Å². The highest BCUT2D eigenvalue weighted by Crippen LogP contribution is 2.37. The molecule has 162 valence electrons. The number of halogens is 4. The van der Waals surface area contributed by atoms with E-state index in [4.69, 9.17) is 33.2 Å². The number of ether oxygens (including phenoxy) is 1. The van der Waals surface area contributed by atoms with Crippen LogP contribution in [0.5, 0.6) is 5.75 Å². The van der Waals surface area contributed by atoms with E-state index in [1.54, 1.807) is 13.1 Å². The van der Waals surface area contributed by atoms with Crippen molar-refractivity contribution in [1.82, 2.24) is 9.62 Å². The molecule has 1 N–H and O–H groups in total. The van der Waals surface area contributed by atoms with Crippen molar-refractivity contribution >= 4 is 45.6 Å². The average molecular weight is 495 g/mol. The molecule has 30 heavy (non-hydrogen) atoms. The molecular weight excluding hydrogens is 476 g/mol. The van der Waals surface area contributed by atoms with Crippen LogP contribution in [0.3, 0.4) is 0 Å². The largest absolute Gasteiger partial charge is 0.493 e. The highest BCUT2D eigenvalue weighted by Gasteiger charge is 2.49. The lowest BCUT2D eigenvalue weighted by Gasteiger charge is -2.48. The summed E-state index contributed by atoms with van der Waals surface area (Å²) in [4.78, 5) is -0.00305. The molecule has 11 heteroatoms. The minimum atomic E-state index is -3.77. The smallest absolute Gasteiger partial charge is 0.244 e. The van der Waals surface area contributed by atoms with Crippen LogP contribution in [0.1, 0.15) is 5.56 Å². The molecule has 0 aliphatic carbocycles. The van der Waals surface area contributed by atoms with Crippen LogP contribution in [-0.4, -0.2) is 46.0 Å². The predicted molar refractivity (Wildman–Crippen MR) is 115 cm³/mol. The molecule has 0 spiro atoms. The van der Waals surface area contributed by atoms with Gasteiger partial charge in [-0.3, -0.25) is 0 Å². The van der Waals surface area contributed by atoms with Crippen LogP contribution < -0.4 is 10.1 Å². The molecule has 0 atom stereocenters. The van der Waals surface area contributed by atoms with E-state index >= 15 is 0 Å². The Bertz CT molecular complexity index is 1070. The number of hydrogen-bond acceptors (Lipinski definition) is 5. The second kappa shape index (κ2) is 9.69. The summed E-state index contributed by atoms with van der Waals surface area (Å²) in [7, 11) is -2.01. The molecule has 0 saturated carbocycles. The zero-order valence-electron chi connectivity index (χ0n) is 15.9. The number of benzene rings is 2. The summed E-state index contributed by atoms with van der Waals surface area (Å²) in [5.41, 5.74) is -0.548. The normalized spacial score (nSPS) is 15.6. The van der Waals surface area contributed by atoms with Gasteiger partial charge in [0.2, 0.25) is 10.0 Å². The van der Waals surface area contributed by atoms with Gasteiger partial charge in [-0.1, -0.05) is 23.2 Å². The second-order valence-corrected chi connectivity index (χ2v) is 9.67. The number of nitriles is 1. The molecule has 0 unspecified atom stereocenters. The van der Waals surface area contributed by atoms with Crippen molar-refractivity contribution in [3.05, 3.63) is 57.8 Å².